The highest BCUT2D eigenvalue weighted by Crippen LogP contribution is 2.19. The average Bonchev–Trinajstić information content (AvgIpc) is 2.15. The SMILES string of the molecule is Nc1cc(C(=O)O)ccc1NCC(=O)O. The van der Waals surface area contributed by atoms with Gasteiger partial charge in [-0.05, 0) is 18.2 Å². The van der Waals surface area contributed by atoms with Gasteiger partial charge >= 0.3 is 11.9 Å². The Morgan fingerprint density at radius 2 is 2.00 bits per heavy atom. The van der Waals surface area contributed by atoms with Crippen LogP contribution in [0.1, 0.15) is 10.4 Å². The smallest absolute Gasteiger partial charge is 0.335 e. The molecule has 0 aromatic heterocycles. The number of carboxylic acids is 2. The third kappa shape index (κ3) is 2.87. The van der Waals surface area contributed by atoms with Gasteiger partial charge in [0.1, 0.15) is 6.54 Å². The van der Waals surface area contributed by atoms with Crippen LogP contribution in [0.4, 0.5) is 11.4 Å². The van der Waals surface area contributed by atoms with Crippen molar-refractivity contribution in [1.29, 1.82) is 0 Å². The molecule has 1 rings (SSSR count). The molecule has 0 unspecified atom stereocenters. The number of nitrogens with two attached hydrogens (primary N) is 1. The van der Waals surface area contributed by atoms with E-state index >= 15 is 0 Å². The first kappa shape index (κ1) is 10.8. The van der Waals surface area contributed by atoms with E-state index in [1.165, 1.54) is 18.2 Å². The zero-order valence-electron chi connectivity index (χ0n) is 7.73. The Morgan fingerprint density at radius 1 is 1.33 bits per heavy atom. The maximum atomic E-state index is 10.6. The summed E-state index contributed by atoms with van der Waals surface area (Å²) in [7, 11) is 0. The van der Waals surface area contributed by atoms with Gasteiger partial charge in [0.2, 0.25) is 0 Å². The molecule has 15 heavy (non-hydrogen) atoms. The zero-order chi connectivity index (χ0) is 11.4. The van der Waals surface area contributed by atoms with Gasteiger partial charge in [-0.3, -0.25) is 4.79 Å². The van der Waals surface area contributed by atoms with E-state index in [2.05, 4.69) is 5.32 Å². The van der Waals surface area contributed by atoms with Gasteiger partial charge < -0.3 is 21.3 Å². The van der Waals surface area contributed by atoms with Gasteiger partial charge in [-0.25, -0.2) is 4.79 Å². The second-order valence-corrected chi connectivity index (χ2v) is 2.85. The van der Waals surface area contributed by atoms with E-state index in [-0.39, 0.29) is 17.8 Å². The number of carboxylic acid groups (broad SMARTS) is 2. The quantitative estimate of drug-likeness (QED) is 0.537. The topological polar surface area (TPSA) is 113 Å². The predicted octanol–water partition coefficient (Wildman–Crippen LogP) is 0.464. The zero-order valence-corrected chi connectivity index (χ0v) is 7.73. The van der Waals surface area contributed by atoms with Crippen LogP contribution in [0.2, 0.25) is 0 Å². The number of hydrogen-bond donors (Lipinski definition) is 4. The minimum absolute atomic E-state index is 0.0633. The molecule has 1 aromatic carbocycles. The number of rotatable bonds is 4. The Kier molecular flexibility index (Phi) is 3.12. The third-order valence-corrected chi connectivity index (χ3v) is 1.73. The van der Waals surface area contributed by atoms with Gasteiger partial charge in [0, 0.05) is 0 Å². The third-order valence-electron chi connectivity index (χ3n) is 1.73. The van der Waals surface area contributed by atoms with Crippen LogP contribution in [-0.2, 0) is 4.79 Å². The second kappa shape index (κ2) is 4.32. The lowest BCUT2D eigenvalue weighted by Crippen LogP contribution is -2.13. The Labute approximate surface area is 85.3 Å². The normalized spacial score (nSPS) is 9.60. The summed E-state index contributed by atoms with van der Waals surface area (Å²) in [5, 5.41) is 19.6. The average molecular weight is 210 g/mol. The maximum Gasteiger partial charge on any atom is 0.335 e. The first-order chi connectivity index (χ1) is 7.00. The Balaban J connectivity index is 2.83. The summed E-state index contributed by atoms with van der Waals surface area (Å²) in [5.74, 6) is -2.09. The van der Waals surface area contributed by atoms with Crippen LogP contribution in [0.15, 0.2) is 18.2 Å². The lowest BCUT2D eigenvalue weighted by atomic mass is 10.2. The summed E-state index contributed by atoms with van der Waals surface area (Å²) in [5.41, 5.74) is 6.20. The van der Waals surface area contributed by atoms with Crippen molar-refractivity contribution in [3.05, 3.63) is 23.8 Å². The van der Waals surface area contributed by atoms with Crippen molar-refractivity contribution in [3.8, 4) is 0 Å². The molecule has 0 amide bonds. The Bertz CT molecular complexity index is 403. The molecule has 0 atom stereocenters. The van der Waals surface area contributed by atoms with E-state index in [0.29, 0.717) is 5.69 Å². The monoisotopic (exact) mass is 210 g/mol. The van der Waals surface area contributed by atoms with Crippen LogP contribution in [0.5, 0.6) is 0 Å². The number of carbonyl (C=O) groups is 2. The Hall–Kier alpha value is -2.24. The molecule has 0 fully saturated rings. The van der Waals surface area contributed by atoms with Crippen LogP contribution in [0.3, 0.4) is 0 Å². The number of anilines is 2. The number of aromatic carboxylic acids is 1. The molecule has 0 saturated carbocycles. The molecule has 6 nitrogen and oxygen atoms in total. The van der Waals surface area contributed by atoms with E-state index in [9.17, 15) is 9.59 Å². The van der Waals surface area contributed by atoms with Gasteiger partial charge in [-0.1, -0.05) is 0 Å². The van der Waals surface area contributed by atoms with E-state index < -0.39 is 11.9 Å². The fraction of sp³-hybridized carbons (Fsp3) is 0.111. The molecular formula is C9H10N2O4. The molecule has 1 aromatic rings. The molecule has 5 N–H and O–H groups in total. The lowest BCUT2D eigenvalue weighted by Gasteiger charge is -2.07. The molecule has 0 aliphatic carbocycles. The first-order valence-corrected chi connectivity index (χ1v) is 4.09. The molecule has 0 bridgehead atoms. The number of nitrogens with one attached hydrogen (secondary N) is 1. The standard InChI is InChI=1S/C9H10N2O4/c10-6-3-5(9(14)15)1-2-7(6)11-4-8(12)13/h1-3,11H,4,10H2,(H,12,13)(H,14,15). The summed E-state index contributed by atoms with van der Waals surface area (Å²) in [6.07, 6.45) is 0. The number of nitrogen functional groups attached to an aromatic ring is 1. The lowest BCUT2D eigenvalue weighted by molar-refractivity contribution is -0.134. The second-order valence-electron chi connectivity index (χ2n) is 2.85. The van der Waals surface area contributed by atoms with Crippen molar-refractivity contribution in [3.63, 3.8) is 0 Å². The van der Waals surface area contributed by atoms with Crippen LogP contribution in [-0.4, -0.2) is 28.7 Å². The molecule has 0 heterocycles. The van der Waals surface area contributed by atoms with Gasteiger partial charge in [0.25, 0.3) is 0 Å². The highest BCUT2D eigenvalue weighted by atomic mass is 16.4. The minimum Gasteiger partial charge on any atom is -0.480 e. The summed E-state index contributed by atoms with van der Waals surface area (Å²) in [6, 6.07) is 4.05. The Morgan fingerprint density at radius 3 is 2.47 bits per heavy atom. The van der Waals surface area contributed by atoms with Crippen molar-refractivity contribution in [2.24, 2.45) is 0 Å². The molecule has 80 valence electrons. The van der Waals surface area contributed by atoms with E-state index in [0.717, 1.165) is 0 Å². The number of aliphatic carboxylic acids is 1. The van der Waals surface area contributed by atoms with Crippen molar-refractivity contribution >= 4 is 23.3 Å². The fourth-order valence-corrected chi connectivity index (χ4v) is 1.03. The van der Waals surface area contributed by atoms with Crippen LogP contribution < -0.4 is 11.1 Å². The molecule has 0 saturated heterocycles. The van der Waals surface area contributed by atoms with Gasteiger partial charge in [-0.2, -0.15) is 0 Å². The van der Waals surface area contributed by atoms with Crippen molar-refractivity contribution in [1.82, 2.24) is 0 Å². The highest BCUT2D eigenvalue weighted by molar-refractivity contribution is 5.90. The summed E-state index contributed by atoms with van der Waals surface area (Å²) in [6.45, 7) is -0.267. The van der Waals surface area contributed by atoms with E-state index in [1.54, 1.807) is 0 Å². The van der Waals surface area contributed by atoms with E-state index in [1.807, 2.05) is 0 Å². The van der Waals surface area contributed by atoms with Crippen molar-refractivity contribution in [2.75, 3.05) is 17.6 Å². The van der Waals surface area contributed by atoms with Gasteiger partial charge in [0.15, 0.2) is 0 Å². The minimum atomic E-state index is -1.08. The highest BCUT2D eigenvalue weighted by Gasteiger charge is 2.06. The summed E-state index contributed by atoms with van der Waals surface area (Å²) in [4.78, 5) is 20.8. The van der Waals surface area contributed by atoms with E-state index in [4.69, 9.17) is 15.9 Å². The summed E-state index contributed by atoms with van der Waals surface area (Å²) >= 11 is 0. The van der Waals surface area contributed by atoms with Crippen molar-refractivity contribution < 1.29 is 19.8 Å². The number of benzene rings is 1. The molecule has 0 aliphatic heterocycles. The van der Waals surface area contributed by atoms with Crippen molar-refractivity contribution in [2.45, 2.75) is 0 Å². The molecule has 0 spiro atoms. The molecule has 6 heteroatoms. The summed E-state index contributed by atoms with van der Waals surface area (Å²) < 4.78 is 0. The molecule has 0 radical (unpaired) electrons. The molecular weight excluding hydrogens is 200 g/mol. The predicted molar refractivity (Wildman–Crippen MR) is 53.9 cm³/mol. The fourth-order valence-electron chi connectivity index (χ4n) is 1.03. The maximum absolute atomic E-state index is 10.6. The molecule has 0 aliphatic rings. The number of hydrogen-bond acceptors (Lipinski definition) is 4. The largest absolute Gasteiger partial charge is 0.480 e. The van der Waals surface area contributed by atoms with Crippen LogP contribution in [0.25, 0.3) is 0 Å². The van der Waals surface area contributed by atoms with Gasteiger partial charge in [-0.15, -0.1) is 0 Å². The van der Waals surface area contributed by atoms with Gasteiger partial charge in [0.05, 0.1) is 16.9 Å². The first-order valence-electron chi connectivity index (χ1n) is 4.09. The van der Waals surface area contributed by atoms with Crippen LogP contribution in [0, 0.1) is 0 Å². The van der Waals surface area contributed by atoms with Crippen LogP contribution >= 0.6 is 0 Å².